The van der Waals surface area contributed by atoms with E-state index in [1.165, 1.54) is 25.5 Å². The quantitative estimate of drug-likeness (QED) is 0.848. The highest BCUT2D eigenvalue weighted by Gasteiger charge is 2.31. The fourth-order valence-corrected chi connectivity index (χ4v) is 3.74. The molecule has 0 saturated heterocycles. The first-order chi connectivity index (χ1) is 9.45. The van der Waals surface area contributed by atoms with E-state index in [2.05, 4.69) is 12.6 Å². The minimum absolute atomic E-state index is 0.141. The second-order valence-corrected chi connectivity index (χ2v) is 8.09. The van der Waals surface area contributed by atoms with Gasteiger partial charge < -0.3 is 4.74 Å². The number of ether oxygens (including phenoxy) is 1. The Morgan fingerprint density at radius 3 is 2.55 bits per heavy atom. The third-order valence-corrected chi connectivity index (χ3v) is 5.81. The summed E-state index contributed by atoms with van der Waals surface area (Å²) >= 11 is 4.49. The summed E-state index contributed by atoms with van der Waals surface area (Å²) in [5, 5.41) is 0. The van der Waals surface area contributed by atoms with Crippen LogP contribution in [-0.4, -0.2) is 27.0 Å². The van der Waals surface area contributed by atoms with E-state index in [0.717, 1.165) is 18.6 Å². The van der Waals surface area contributed by atoms with Gasteiger partial charge in [0.2, 0.25) is 0 Å². The van der Waals surface area contributed by atoms with Crippen molar-refractivity contribution in [1.29, 1.82) is 0 Å². The first-order valence-corrected chi connectivity index (χ1v) is 9.51. The van der Waals surface area contributed by atoms with Crippen LogP contribution in [0.3, 0.4) is 0 Å². The Morgan fingerprint density at radius 2 is 1.95 bits per heavy atom. The van der Waals surface area contributed by atoms with E-state index in [1.807, 2.05) is 6.07 Å². The molecule has 112 valence electrons. The van der Waals surface area contributed by atoms with Crippen molar-refractivity contribution in [3.8, 4) is 5.75 Å². The standard InChI is InChI=1S/C15H22O3S2/c1-20(16,17)14-7-5-6-13(10-14)18-11-15(12-19)8-3-2-4-9-15/h5-7,10,19H,2-4,8-9,11-12H2,1H3. The molecule has 0 bridgehead atoms. The van der Waals surface area contributed by atoms with Crippen LogP contribution in [0, 0.1) is 5.41 Å². The van der Waals surface area contributed by atoms with Crippen molar-refractivity contribution in [3.63, 3.8) is 0 Å². The van der Waals surface area contributed by atoms with Crippen LogP contribution in [0.25, 0.3) is 0 Å². The number of sulfone groups is 1. The maximum Gasteiger partial charge on any atom is 0.175 e. The molecular formula is C15H22O3S2. The van der Waals surface area contributed by atoms with E-state index in [4.69, 9.17) is 4.74 Å². The van der Waals surface area contributed by atoms with Crippen LogP contribution in [0.5, 0.6) is 5.75 Å². The van der Waals surface area contributed by atoms with Crippen LogP contribution in [0.1, 0.15) is 32.1 Å². The average Bonchev–Trinajstić information content (AvgIpc) is 2.46. The highest BCUT2D eigenvalue weighted by Crippen LogP contribution is 2.37. The number of thiol groups is 1. The lowest BCUT2D eigenvalue weighted by molar-refractivity contribution is 0.121. The molecular weight excluding hydrogens is 292 g/mol. The molecule has 0 N–H and O–H groups in total. The fraction of sp³-hybridized carbons (Fsp3) is 0.600. The Morgan fingerprint density at radius 1 is 1.25 bits per heavy atom. The van der Waals surface area contributed by atoms with Crippen molar-refractivity contribution in [2.75, 3.05) is 18.6 Å². The molecule has 2 rings (SSSR count). The summed E-state index contributed by atoms with van der Waals surface area (Å²) in [6, 6.07) is 6.73. The number of rotatable bonds is 5. The van der Waals surface area contributed by atoms with Crippen molar-refractivity contribution >= 4 is 22.5 Å². The van der Waals surface area contributed by atoms with Gasteiger partial charge >= 0.3 is 0 Å². The molecule has 1 saturated carbocycles. The third-order valence-electron chi connectivity index (χ3n) is 4.03. The zero-order chi connectivity index (χ0) is 14.6. The lowest BCUT2D eigenvalue weighted by Crippen LogP contribution is -2.33. The average molecular weight is 314 g/mol. The van der Waals surface area contributed by atoms with Gasteiger partial charge in [-0.25, -0.2) is 8.42 Å². The van der Waals surface area contributed by atoms with Gasteiger partial charge in [0.25, 0.3) is 0 Å². The first kappa shape index (κ1) is 15.7. The molecule has 1 aliphatic carbocycles. The van der Waals surface area contributed by atoms with Crippen LogP contribution in [0.15, 0.2) is 29.2 Å². The smallest absolute Gasteiger partial charge is 0.175 e. The molecule has 1 aliphatic rings. The van der Waals surface area contributed by atoms with E-state index in [9.17, 15) is 8.42 Å². The van der Waals surface area contributed by atoms with Crippen molar-refractivity contribution < 1.29 is 13.2 Å². The minimum atomic E-state index is -3.18. The van der Waals surface area contributed by atoms with Gasteiger partial charge in [0.1, 0.15) is 5.75 Å². The molecule has 1 aromatic carbocycles. The molecule has 3 nitrogen and oxygen atoms in total. The zero-order valence-corrected chi connectivity index (χ0v) is 13.6. The second kappa shape index (κ2) is 6.39. The van der Waals surface area contributed by atoms with E-state index >= 15 is 0 Å². The van der Waals surface area contributed by atoms with Crippen molar-refractivity contribution in [2.24, 2.45) is 5.41 Å². The Hall–Kier alpha value is -0.680. The molecule has 0 unspecified atom stereocenters. The summed E-state index contributed by atoms with van der Waals surface area (Å²) < 4.78 is 28.9. The molecule has 0 aromatic heterocycles. The Kier molecular flexibility index (Phi) is 5.02. The van der Waals surface area contributed by atoms with E-state index in [-0.39, 0.29) is 5.41 Å². The maximum atomic E-state index is 11.5. The molecule has 1 aromatic rings. The van der Waals surface area contributed by atoms with Crippen molar-refractivity contribution in [2.45, 2.75) is 37.0 Å². The lowest BCUT2D eigenvalue weighted by Gasteiger charge is -2.35. The topological polar surface area (TPSA) is 43.4 Å². The fourth-order valence-electron chi connectivity index (χ4n) is 2.68. The maximum absolute atomic E-state index is 11.5. The van der Waals surface area contributed by atoms with Crippen LogP contribution in [-0.2, 0) is 9.84 Å². The van der Waals surface area contributed by atoms with Gasteiger partial charge in [-0.3, -0.25) is 0 Å². The number of hydrogen-bond donors (Lipinski definition) is 1. The molecule has 0 spiro atoms. The van der Waals surface area contributed by atoms with Crippen LogP contribution < -0.4 is 4.74 Å². The number of benzene rings is 1. The SMILES string of the molecule is CS(=O)(=O)c1cccc(OCC2(CS)CCCCC2)c1. The zero-order valence-electron chi connectivity index (χ0n) is 11.8. The lowest BCUT2D eigenvalue weighted by atomic mass is 9.76. The molecule has 5 heteroatoms. The predicted molar refractivity (Wildman–Crippen MR) is 84.4 cm³/mol. The van der Waals surface area contributed by atoms with Gasteiger partial charge in [-0.2, -0.15) is 12.6 Å². The largest absolute Gasteiger partial charge is 0.493 e. The molecule has 0 amide bonds. The van der Waals surface area contributed by atoms with Crippen LogP contribution in [0.4, 0.5) is 0 Å². The van der Waals surface area contributed by atoms with Gasteiger partial charge in [0, 0.05) is 11.7 Å². The van der Waals surface area contributed by atoms with E-state index in [0.29, 0.717) is 17.3 Å². The van der Waals surface area contributed by atoms with E-state index in [1.54, 1.807) is 18.2 Å². The third kappa shape index (κ3) is 3.92. The normalized spacial score (nSPS) is 18.7. The summed E-state index contributed by atoms with van der Waals surface area (Å²) in [5.74, 6) is 1.44. The summed E-state index contributed by atoms with van der Waals surface area (Å²) in [6.07, 6.45) is 7.24. The van der Waals surface area contributed by atoms with Gasteiger partial charge in [0.05, 0.1) is 11.5 Å². The Balaban J connectivity index is 2.07. The Labute approximate surface area is 127 Å². The number of hydrogen-bond acceptors (Lipinski definition) is 4. The predicted octanol–water partition coefficient (Wildman–Crippen LogP) is 3.35. The monoisotopic (exact) mass is 314 g/mol. The van der Waals surface area contributed by atoms with Crippen LogP contribution in [0.2, 0.25) is 0 Å². The molecule has 0 aliphatic heterocycles. The Bertz CT molecular complexity index is 546. The van der Waals surface area contributed by atoms with Gasteiger partial charge in [-0.1, -0.05) is 25.3 Å². The molecule has 1 fully saturated rings. The highest BCUT2D eigenvalue weighted by atomic mass is 32.2. The summed E-state index contributed by atoms with van der Waals surface area (Å²) in [5.41, 5.74) is 0.141. The van der Waals surface area contributed by atoms with Gasteiger partial charge in [0.15, 0.2) is 9.84 Å². The molecule has 0 atom stereocenters. The summed E-state index contributed by atoms with van der Waals surface area (Å²) in [6.45, 7) is 0.615. The van der Waals surface area contributed by atoms with Gasteiger partial charge in [-0.15, -0.1) is 0 Å². The van der Waals surface area contributed by atoms with E-state index < -0.39 is 9.84 Å². The first-order valence-electron chi connectivity index (χ1n) is 6.99. The van der Waals surface area contributed by atoms with Crippen molar-refractivity contribution in [3.05, 3.63) is 24.3 Å². The minimum Gasteiger partial charge on any atom is -0.493 e. The summed E-state index contributed by atoms with van der Waals surface area (Å²) in [7, 11) is -3.18. The molecule has 0 radical (unpaired) electrons. The van der Waals surface area contributed by atoms with Crippen molar-refractivity contribution in [1.82, 2.24) is 0 Å². The molecule has 20 heavy (non-hydrogen) atoms. The second-order valence-electron chi connectivity index (χ2n) is 5.75. The highest BCUT2D eigenvalue weighted by molar-refractivity contribution is 7.90. The van der Waals surface area contributed by atoms with Gasteiger partial charge in [-0.05, 0) is 36.8 Å². The molecule has 0 heterocycles. The summed E-state index contributed by atoms with van der Waals surface area (Å²) in [4.78, 5) is 0.304. The van der Waals surface area contributed by atoms with Crippen LogP contribution >= 0.6 is 12.6 Å².